The fourth-order valence-electron chi connectivity index (χ4n) is 1.07. The van der Waals surface area contributed by atoms with E-state index in [9.17, 15) is 4.57 Å². The highest BCUT2D eigenvalue weighted by molar-refractivity contribution is 7.54. The average molecular weight is 235 g/mol. The summed E-state index contributed by atoms with van der Waals surface area (Å²) in [5.41, 5.74) is 5.77. The minimum atomic E-state index is -3.23. The first-order valence-electron chi connectivity index (χ1n) is 5.14. The van der Waals surface area contributed by atoms with E-state index in [-0.39, 0.29) is 12.2 Å². The minimum absolute atomic E-state index is 0.176. The second-order valence-electron chi connectivity index (χ2n) is 3.94. The maximum atomic E-state index is 12.3. The molecule has 1 atom stereocenters. The van der Waals surface area contributed by atoms with Gasteiger partial charge in [0.15, 0.2) is 0 Å². The molecule has 0 aromatic heterocycles. The third-order valence-electron chi connectivity index (χ3n) is 1.53. The van der Waals surface area contributed by atoms with Gasteiger partial charge in [0, 0.05) is 0 Å². The van der Waals surface area contributed by atoms with Crippen LogP contribution in [0, 0.1) is 0 Å². The van der Waals surface area contributed by atoms with Gasteiger partial charge in [-0.25, -0.2) is 0 Å². The Bertz CT molecular complexity index is 227. The van der Waals surface area contributed by atoms with E-state index >= 15 is 0 Å². The van der Waals surface area contributed by atoms with Crippen LogP contribution in [0.3, 0.4) is 0 Å². The normalized spacial score (nSPS) is 14.6. The highest BCUT2D eigenvalue weighted by Gasteiger charge is 2.34. The van der Waals surface area contributed by atoms with Crippen molar-refractivity contribution in [2.45, 2.75) is 52.1 Å². The van der Waals surface area contributed by atoms with Gasteiger partial charge in [0.2, 0.25) is 0 Å². The molecular formula is C10H22NO3P. The number of nitrogens with two attached hydrogens (primary N) is 1. The molecule has 15 heavy (non-hydrogen) atoms. The first-order valence-corrected chi connectivity index (χ1v) is 6.76. The van der Waals surface area contributed by atoms with E-state index < -0.39 is 13.4 Å². The van der Waals surface area contributed by atoms with Crippen LogP contribution in [0.15, 0.2) is 12.7 Å². The summed E-state index contributed by atoms with van der Waals surface area (Å²) in [7, 11) is -3.23. The number of hydrogen-bond acceptors (Lipinski definition) is 4. The zero-order chi connectivity index (χ0) is 12.1. The second kappa shape index (κ2) is 6.44. The highest BCUT2D eigenvalue weighted by atomic mass is 31.2. The lowest BCUT2D eigenvalue weighted by molar-refractivity contribution is 0.136. The van der Waals surface area contributed by atoms with Crippen molar-refractivity contribution >= 4 is 7.60 Å². The molecule has 0 aromatic rings. The van der Waals surface area contributed by atoms with Gasteiger partial charge < -0.3 is 14.8 Å². The van der Waals surface area contributed by atoms with E-state index in [2.05, 4.69) is 6.58 Å². The standard InChI is InChI=1S/C10H22NO3P/c1-6-7-10(11)15(12,13-8(2)3)14-9(4)5/h6,8-10H,1,7,11H2,2-5H3. The molecule has 0 aliphatic rings. The summed E-state index contributed by atoms with van der Waals surface area (Å²) in [4.78, 5) is 0. The van der Waals surface area contributed by atoms with Crippen LogP contribution < -0.4 is 5.73 Å². The van der Waals surface area contributed by atoms with Crippen molar-refractivity contribution in [1.29, 1.82) is 0 Å². The van der Waals surface area contributed by atoms with Crippen molar-refractivity contribution in [3.8, 4) is 0 Å². The molecule has 0 bridgehead atoms. The van der Waals surface area contributed by atoms with Crippen LogP contribution in [0.2, 0.25) is 0 Å². The largest absolute Gasteiger partial charge is 0.348 e. The first kappa shape index (κ1) is 14.8. The van der Waals surface area contributed by atoms with E-state index in [1.165, 1.54) is 0 Å². The molecule has 90 valence electrons. The Morgan fingerprint density at radius 1 is 1.27 bits per heavy atom. The third kappa shape index (κ3) is 5.47. The molecule has 1 unspecified atom stereocenters. The maximum absolute atomic E-state index is 12.3. The quantitative estimate of drug-likeness (QED) is 0.544. The van der Waals surface area contributed by atoms with Gasteiger partial charge in [-0.15, -0.1) is 6.58 Å². The van der Waals surface area contributed by atoms with Gasteiger partial charge in [-0.1, -0.05) is 6.08 Å². The van der Waals surface area contributed by atoms with Gasteiger partial charge in [0.25, 0.3) is 0 Å². The van der Waals surface area contributed by atoms with Crippen molar-refractivity contribution in [2.75, 3.05) is 0 Å². The molecule has 0 radical (unpaired) electrons. The maximum Gasteiger partial charge on any atom is 0.348 e. The summed E-state index contributed by atoms with van der Waals surface area (Å²) in [6.07, 6.45) is 1.68. The van der Waals surface area contributed by atoms with E-state index in [4.69, 9.17) is 14.8 Å². The van der Waals surface area contributed by atoms with E-state index in [1.807, 2.05) is 0 Å². The Labute approximate surface area is 92.4 Å². The molecule has 0 fully saturated rings. The van der Waals surface area contributed by atoms with Gasteiger partial charge in [-0.3, -0.25) is 4.57 Å². The molecule has 2 N–H and O–H groups in total. The molecule has 0 aromatic carbocycles. The van der Waals surface area contributed by atoms with Gasteiger partial charge in [0.05, 0.1) is 12.2 Å². The zero-order valence-corrected chi connectivity index (χ0v) is 10.9. The summed E-state index contributed by atoms with van der Waals surface area (Å²) in [5.74, 6) is -0.639. The van der Waals surface area contributed by atoms with Crippen LogP contribution in [0.4, 0.5) is 0 Å². The summed E-state index contributed by atoms with van der Waals surface area (Å²) in [5, 5.41) is 0. The van der Waals surface area contributed by atoms with Crippen molar-refractivity contribution in [1.82, 2.24) is 0 Å². The third-order valence-corrected chi connectivity index (χ3v) is 3.98. The zero-order valence-electron chi connectivity index (χ0n) is 9.97. The summed E-state index contributed by atoms with van der Waals surface area (Å²) in [6.45, 7) is 10.8. The summed E-state index contributed by atoms with van der Waals surface area (Å²) < 4.78 is 23.0. The van der Waals surface area contributed by atoms with Crippen LogP contribution in [0.25, 0.3) is 0 Å². The van der Waals surface area contributed by atoms with Gasteiger partial charge >= 0.3 is 7.60 Å². The molecule has 0 saturated carbocycles. The van der Waals surface area contributed by atoms with Crippen LogP contribution in [-0.2, 0) is 13.6 Å². The van der Waals surface area contributed by atoms with Gasteiger partial charge in [-0.2, -0.15) is 0 Å². The molecule has 0 aliphatic carbocycles. The van der Waals surface area contributed by atoms with Gasteiger partial charge in [-0.05, 0) is 34.1 Å². The van der Waals surface area contributed by atoms with Crippen molar-refractivity contribution < 1.29 is 13.6 Å². The topological polar surface area (TPSA) is 61.6 Å². The molecule has 0 heterocycles. The van der Waals surface area contributed by atoms with Gasteiger partial charge in [0.1, 0.15) is 5.78 Å². The van der Waals surface area contributed by atoms with Crippen molar-refractivity contribution in [3.63, 3.8) is 0 Å². The lowest BCUT2D eigenvalue weighted by Gasteiger charge is -2.26. The fourth-order valence-corrected chi connectivity index (χ4v) is 3.01. The Morgan fingerprint density at radius 2 is 1.67 bits per heavy atom. The van der Waals surface area contributed by atoms with Crippen molar-refractivity contribution in [3.05, 3.63) is 12.7 Å². The molecule has 0 spiro atoms. The van der Waals surface area contributed by atoms with E-state index in [1.54, 1.807) is 33.8 Å². The first-order chi connectivity index (χ1) is 6.81. The van der Waals surface area contributed by atoms with Crippen LogP contribution >= 0.6 is 7.60 Å². The minimum Gasteiger partial charge on any atom is -0.317 e. The number of hydrogen-bond donors (Lipinski definition) is 1. The Hall–Kier alpha value is -0.150. The molecule has 0 amide bonds. The lowest BCUT2D eigenvalue weighted by atomic mass is 10.4. The molecule has 5 heteroatoms. The molecule has 0 saturated heterocycles. The predicted molar refractivity (Wildman–Crippen MR) is 62.8 cm³/mol. The highest BCUT2D eigenvalue weighted by Crippen LogP contribution is 2.54. The SMILES string of the molecule is C=CCC(N)P(=O)(OC(C)C)OC(C)C. The second-order valence-corrected chi connectivity index (χ2v) is 6.10. The summed E-state index contributed by atoms with van der Waals surface area (Å²) in [6, 6.07) is 0. The summed E-state index contributed by atoms with van der Waals surface area (Å²) >= 11 is 0. The Balaban J connectivity index is 4.67. The smallest absolute Gasteiger partial charge is 0.317 e. The monoisotopic (exact) mass is 235 g/mol. The predicted octanol–water partition coefficient (Wildman–Crippen LogP) is 2.89. The van der Waals surface area contributed by atoms with Crippen LogP contribution in [0.1, 0.15) is 34.1 Å². The molecular weight excluding hydrogens is 213 g/mol. The molecule has 0 rings (SSSR count). The Morgan fingerprint density at radius 3 is 1.93 bits per heavy atom. The lowest BCUT2D eigenvalue weighted by Crippen LogP contribution is -2.25. The molecule has 4 nitrogen and oxygen atoms in total. The van der Waals surface area contributed by atoms with Crippen molar-refractivity contribution in [2.24, 2.45) is 5.73 Å². The average Bonchev–Trinajstić information content (AvgIpc) is 2.01. The van der Waals surface area contributed by atoms with E-state index in [0.29, 0.717) is 6.42 Å². The van der Waals surface area contributed by atoms with Crippen LogP contribution in [-0.4, -0.2) is 18.0 Å². The Kier molecular flexibility index (Phi) is 6.37. The number of rotatable bonds is 7. The van der Waals surface area contributed by atoms with Crippen LogP contribution in [0.5, 0.6) is 0 Å². The fraction of sp³-hybridized carbons (Fsp3) is 0.800. The van der Waals surface area contributed by atoms with E-state index in [0.717, 1.165) is 0 Å². The molecule has 0 aliphatic heterocycles.